The highest BCUT2D eigenvalue weighted by molar-refractivity contribution is 6.04. The minimum absolute atomic E-state index is 0.0786. The van der Waals surface area contributed by atoms with Gasteiger partial charge in [0.2, 0.25) is 0 Å². The molecule has 186 valence electrons. The number of rotatable bonds is 5. The summed E-state index contributed by atoms with van der Waals surface area (Å²) in [6.07, 6.45) is -4.69. The first kappa shape index (κ1) is 25.7. The van der Waals surface area contributed by atoms with Gasteiger partial charge in [-0.2, -0.15) is 18.4 Å². The number of aromatic nitrogens is 1. The first-order valence-electron chi connectivity index (χ1n) is 10.2. The molecule has 35 heavy (non-hydrogen) atoms. The summed E-state index contributed by atoms with van der Waals surface area (Å²) in [4.78, 5) is 29.6. The van der Waals surface area contributed by atoms with Crippen LogP contribution in [0.3, 0.4) is 0 Å². The van der Waals surface area contributed by atoms with Crippen molar-refractivity contribution in [3.8, 4) is 17.2 Å². The standard InChI is InChI=1S/C22H20F5N5O3/c1-11(22(25,26)27)31-19(33)15-9-30-16(8-28)17(12-5-13(23)7-14(24)6-12)18(15)32-4-3-21(2,10-32)35-20(29)34/h5-7,9,11H,3-4,10H2,1-2H3,(H2,29,34)(H,31,33)/t11-,21-/m0/s1. The van der Waals surface area contributed by atoms with Gasteiger partial charge in [0, 0.05) is 30.8 Å². The van der Waals surface area contributed by atoms with Crippen LogP contribution in [0.25, 0.3) is 11.1 Å². The Morgan fingerprint density at radius 2 is 1.91 bits per heavy atom. The molecule has 0 spiro atoms. The van der Waals surface area contributed by atoms with Crippen molar-refractivity contribution < 1.29 is 36.3 Å². The van der Waals surface area contributed by atoms with Crippen molar-refractivity contribution in [1.29, 1.82) is 5.26 Å². The van der Waals surface area contributed by atoms with Crippen LogP contribution in [0.1, 0.15) is 36.3 Å². The topological polar surface area (TPSA) is 121 Å². The van der Waals surface area contributed by atoms with Crippen molar-refractivity contribution in [1.82, 2.24) is 10.3 Å². The molecule has 2 amide bonds. The second-order valence-corrected chi connectivity index (χ2v) is 8.29. The second kappa shape index (κ2) is 9.36. The Kier molecular flexibility index (Phi) is 6.86. The summed E-state index contributed by atoms with van der Waals surface area (Å²) in [5.41, 5.74) is 2.87. The summed E-state index contributed by atoms with van der Waals surface area (Å²) in [7, 11) is 0. The third-order valence-electron chi connectivity index (χ3n) is 5.49. The van der Waals surface area contributed by atoms with Crippen LogP contribution in [-0.2, 0) is 4.74 Å². The number of hydrogen-bond acceptors (Lipinski definition) is 6. The summed E-state index contributed by atoms with van der Waals surface area (Å²) in [5, 5.41) is 11.5. The van der Waals surface area contributed by atoms with Crippen molar-refractivity contribution in [2.45, 2.75) is 38.1 Å². The number of nitrogens with zero attached hydrogens (tertiary/aromatic N) is 3. The van der Waals surface area contributed by atoms with Crippen LogP contribution in [0.2, 0.25) is 0 Å². The van der Waals surface area contributed by atoms with Gasteiger partial charge in [-0.25, -0.2) is 18.6 Å². The summed E-state index contributed by atoms with van der Waals surface area (Å²) < 4.78 is 72.5. The van der Waals surface area contributed by atoms with E-state index in [1.165, 1.54) is 4.90 Å². The lowest BCUT2D eigenvalue weighted by atomic mass is 9.97. The summed E-state index contributed by atoms with van der Waals surface area (Å²) >= 11 is 0. The molecule has 3 N–H and O–H groups in total. The van der Waals surface area contributed by atoms with Gasteiger partial charge in [-0.1, -0.05) is 0 Å². The number of halogens is 5. The molecule has 1 aromatic carbocycles. The molecule has 1 fully saturated rings. The smallest absolute Gasteiger partial charge is 0.408 e. The van der Waals surface area contributed by atoms with Gasteiger partial charge in [0.15, 0.2) is 0 Å². The SMILES string of the molecule is C[C@H](NC(=O)c1cnc(C#N)c(-c2cc(F)cc(F)c2)c1N1CC[C@](C)(OC(N)=O)C1)C(F)(F)F. The minimum atomic E-state index is -4.74. The fraction of sp³-hybridized carbons (Fsp3) is 0.364. The largest absolute Gasteiger partial charge is 0.441 e. The number of pyridine rings is 1. The Bertz CT molecular complexity index is 1190. The average molecular weight is 497 g/mol. The second-order valence-electron chi connectivity index (χ2n) is 8.29. The van der Waals surface area contributed by atoms with Gasteiger partial charge < -0.3 is 20.7 Å². The van der Waals surface area contributed by atoms with E-state index in [4.69, 9.17) is 10.5 Å². The summed E-state index contributed by atoms with van der Waals surface area (Å²) in [6, 6.07) is 1.95. The Balaban J connectivity index is 2.23. The zero-order valence-electron chi connectivity index (χ0n) is 18.5. The highest BCUT2D eigenvalue weighted by Crippen LogP contribution is 2.40. The molecule has 0 radical (unpaired) electrons. The van der Waals surface area contributed by atoms with Crippen LogP contribution in [-0.4, -0.2) is 47.9 Å². The number of alkyl halides is 3. The maximum Gasteiger partial charge on any atom is 0.408 e. The number of nitriles is 1. The van der Waals surface area contributed by atoms with Gasteiger partial charge in [0.1, 0.15) is 35.0 Å². The first-order chi connectivity index (χ1) is 16.2. The number of nitrogens with two attached hydrogens (primary N) is 1. The lowest BCUT2D eigenvalue weighted by Crippen LogP contribution is -2.43. The number of nitrogens with one attached hydrogen (secondary N) is 1. The molecule has 0 aliphatic carbocycles. The van der Waals surface area contributed by atoms with Gasteiger partial charge in [0.05, 0.1) is 17.8 Å². The van der Waals surface area contributed by atoms with Crippen LogP contribution < -0.4 is 16.0 Å². The number of hydrogen-bond donors (Lipinski definition) is 2. The van der Waals surface area contributed by atoms with Crippen molar-refractivity contribution >= 4 is 17.7 Å². The molecule has 1 saturated heterocycles. The number of primary amides is 1. The van der Waals surface area contributed by atoms with E-state index in [1.54, 1.807) is 13.0 Å². The highest BCUT2D eigenvalue weighted by atomic mass is 19.4. The maximum atomic E-state index is 14.1. The van der Waals surface area contributed by atoms with E-state index in [0.29, 0.717) is 6.07 Å². The van der Waals surface area contributed by atoms with E-state index in [9.17, 15) is 36.8 Å². The number of benzene rings is 1. The van der Waals surface area contributed by atoms with E-state index < -0.39 is 41.5 Å². The molecule has 0 unspecified atom stereocenters. The van der Waals surface area contributed by atoms with Gasteiger partial charge in [-0.05, 0) is 31.5 Å². The van der Waals surface area contributed by atoms with E-state index in [-0.39, 0.29) is 47.6 Å². The maximum absolute atomic E-state index is 14.1. The van der Waals surface area contributed by atoms with Crippen LogP contribution in [0.15, 0.2) is 24.4 Å². The van der Waals surface area contributed by atoms with Crippen molar-refractivity contribution in [2.24, 2.45) is 5.73 Å². The number of ether oxygens (including phenoxy) is 1. The Morgan fingerprint density at radius 1 is 1.29 bits per heavy atom. The van der Waals surface area contributed by atoms with Gasteiger partial charge >= 0.3 is 12.3 Å². The number of carbonyl (C=O) groups is 2. The lowest BCUT2D eigenvalue weighted by Gasteiger charge is -2.28. The van der Waals surface area contributed by atoms with Gasteiger partial charge in [-0.15, -0.1) is 0 Å². The Morgan fingerprint density at radius 3 is 2.46 bits per heavy atom. The molecule has 1 aliphatic heterocycles. The Hall–Kier alpha value is -3.95. The van der Waals surface area contributed by atoms with E-state index >= 15 is 0 Å². The zero-order valence-corrected chi connectivity index (χ0v) is 18.5. The van der Waals surface area contributed by atoms with Crippen LogP contribution in [0.5, 0.6) is 0 Å². The molecule has 13 heteroatoms. The predicted molar refractivity (Wildman–Crippen MR) is 113 cm³/mol. The summed E-state index contributed by atoms with van der Waals surface area (Å²) in [5.74, 6) is -3.15. The first-order valence-corrected chi connectivity index (χ1v) is 10.2. The minimum Gasteiger partial charge on any atom is -0.441 e. The molecular weight excluding hydrogens is 477 g/mol. The van der Waals surface area contributed by atoms with E-state index in [0.717, 1.165) is 25.3 Å². The van der Waals surface area contributed by atoms with Gasteiger partial charge in [0.25, 0.3) is 5.91 Å². The predicted octanol–water partition coefficient (Wildman–Crippen LogP) is 3.64. The van der Waals surface area contributed by atoms with Gasteiger partial charge in [-0.3, -0.25) is 4.79 Å². The molecule has 1 aliphatic rings. The molecule has 8 nitrogen and oxygen atoms in total. The summed E-state index contributed by atoms with van der Waals surface area (Å²) in [6.45, 7) is 2.32. The lowest BCUT2D eigenvalue weighted by molar-refractivity contribution is -0.149. The molecule has 1 aromatic heterocycles. The third kappa shape index (κ3) is 5.59. The fourth-order valence-electron chi connectivity index (χ4n) is 3.86. The molecule has 0 bridgehead atoms. The fourth-order valence-corrected chi connectivity index (χ4v) is 3.86. The average Bonchev–Trinajstić information content (AvgIpc) is 3.11. The normalized spacial score (nSPS) is 18.6. The molecular formula is C22H20F5N5O3. The zero-order chi connectivity index (χ0) is 26.1. The number of amides is 2. The molecule has 2 atom stereocenters. The molecule has 0 saturated carbocycles. The highest BCUT2D eigenvalue weighted by Gasteiger charge is 2.41. The molecule has 2 aromatic rings. The van der Waals surface area contributed by atoms with Crippen molar-refractivity contribution in [2.75, 3.05) is 18.0 Å². The quantitative estimate of drug-likeness (QED) is 0.609. The molecule has 2 heterocycles. The van der Waals surface area contributed by atoms with E-state index in [1.807, 2.05) is 5.32 Å². The number of anilines is 1. The van der Waals surface area contributed by atoms with Crippen LogP contribution >= 0.6 is 0 Å². The number of carbonyl (C=O) groups excluding carboxylic acids is 2. The third-order valence-corrected chi connectivity index (χ3v) is 5.49. The Labute approximate surface area is 196 Å². The van der Waals surface area contributed by atoms with Crippen LogP contribution in [0, 0.1) is 23.0 Å². The van der Waals surface area contributed by atoms with Crippen LogP contribution in [0.4, 0.5) is 32.4 Å². The monoisotopic (exact) mass is 497 g/mol. The van der Waals surface area contributed by atoms with E-state index in [2.05, 4.69) is 4.98 Å². The van der Waals surface area contributed by atoms with Crippen molar-refractivity contribution in [3.05, 3.63) is 47.3 Å². The van der Waals surface area contributed by atoms with Crippen molar-refractivity contribution in [3.63, 3.8) is 0 Å². The molecule has 3 rings (SSSR count).